The van der Waals surface area contributed by atoms with Gasteiger partial charge in [0.2, 0.25) is 5.78 Å². The number of aryl methyl sites for hydroxylation is 2. The van der Waals surface area contributed by atoms with Crippen LogP contribution in [0.3, 0.4) is 0 Å². The molecule has 9 heteroatoms. The van der Waals surface area contributed by atoms with Crippen molar-refractivity contribution in [2.45, 2.75) is 33.7 Å². The number of nitrogens with zero attached hydrogens (tertiary/aromatic N) is 3. The largest absolute Gasteiger partial charge is 0.456 e. The molecule has 0 bridgehead atoms. The summed E-state index contributed by atoms with van der Waals surface area (Å²) >= 11 is 0. The molecule has 9 nitrogen and oxygen atoms in total. The molecule has 32 heavy (non-hydrogen) atoms. The van der Waals surface area contributed by atoms with Crippen molar-refractivity contribution in [3.05, 3.63) is 70.2 Å². The highest BCUT2D eigenvalue weighted by Gasteiger charge is 2.41. The minimum atomic E-state index is -1.17. The molecule has 0 unspecified atom stereocenters. The predicted molar refractivity (Wildman–Crippen MR) is 112 cm³/mol. The summed E-state index contributed by atoms with van der Waals surface area (Å²) in [6, 6.07) is 8.62. The van der Waals surface area contributed by atoms with Crippen LogP contribution in [-0.2, 0) is 9.53 Å². The average molecular weight is 435 g/mol. The van der Waals surface area contributed by atoms with Gasteiger partial charge < -0.3 is 9.26 Å². The lowest BCUT2D eigenvalue weighted by atomic mass is 10.1. The third-order valence-corrected chi connectivity index (χ3v) is 5.48. The number of benzene rings is 1. The van der Waals surface area contributed by atoms with Gasteiger partial charge in [-0.05, 0) is 45.9 Å². The van der Waals surface area contributed by atoms with Crippen molar-refractivity contribution in [3.8, 4) is 5.82 Å². The molecule has 2 aromatic heterocycles. The van der Waals surface area contributed by atoms with Crippen molar-refractivity contribution in [2.24, 2.45) is 0 Å². The first kappa shape index (κ1) is 21.2. The van der Waals surface area contributed by atoms with Gasteiger partial charge in [-0.15, -0.1) is 0 Å². The Kier molecular flexibility index (Phi) is 5.25. The highest BCUT2D eigenvalue weighted by atomic mass is 16.5. The molecule has 0 saturated carbocycles. The summed E-state index contributed by atoms with van der Waals surface area (Å²) in [5, 5.41) is 3.98. The lowest BCUT2D eigenvalue weighted by Crippen LogP contribution is -2.44. The molecule has 0 spiro atoms. The van der Waals surface area contributed by atoms with Crippen LogP contribution in [0.25, 0.3) is 5.82 Å². The first-order chi connectivity index (χ1) is 15.2. The van der Waals surface area contributed by atoms with Crippen LogP contribution in [-0.4, -0.2) is 50.8 Å². The second kappa shape index (κ2) is 7.92. The van der Waals surface area contributed by atoms with Crippen molar-refractivity contribution in [1.29, 1.82) is 0 Å². The Hall–Kier alpha value is -4.01. The summed E-state index contributed by atoms with van der Waals surface area (Å²) in [6.45, 7) is 6.23. The lowest BCUT2D eigenvalue weighted by Gasteiger charge is -2.20. The molecule has 0 aliphatic carbocycles. The zero-order valence-corrected chi connectivity index (χ0v) is 18.0. The Labute approximate surface area is 183 Å². The van der Waals surface area contributed by atoms with Gasteiger partial charge in [0.1, 0.15) is 11.8 Å². The number of hydrogen-bond acceptors (Lipinski definition) is 7. The van der Waals surface area contributed by atoms with E-state index in [0.717, 1.165) is 10.6 Å². The number of carbonyl (C=O) groups excluding carboxylic acids is 4. The number of amides is 2. The van der Waals surface area contributed by atoms with Crippen LogP contribution in [0.5, 0.6) is 0 Å². The number of Topliss-reactive ketones (excluding diaryl/α,β-unsaturated/α-hetero) is 1. The molecule has 0 fully saturated rings. The molecule has 1 aliphatic heterocycles. The molecule has 0 radical (unpaired) electrons. The molecule has 1 aromatic carbocycles. The van der Waals surface area contributed by atoms with E-state index in [1.807, 2.05) is 6.92 Å². The summed E-state index contributed by atoms with van der Waals surface area (Å²) in [7, 11) is 0. The number of imide groups is 1. The van der Waals surface area contributed by atoms with E-state index in [1.165, 1.54) is 19.1 Å². The molecule has 0 saturated heterocycles. The Bertz CT molecular complexity index is 1230. The van der Waals surface area contributed by atoms with Gasteiger partial charge in [-0.25, -0.2) is 4.79 Å². The summed E-state index contributed by atoms with van der Waals surface area (Å²) in [5.74, 6) is -1.19. The monoisotopic (exact) mass is 435 g/mol. The number of ketones is 1. The molecule has 164 valence electrons. The standard InChI is InChI=1S/C23H21N3O6/c1-12-9-18(14(3)25(12)20-10-13(2)32-24-20)19(27)11-31-23(30)15(4)26-21(28)16-7-5-6-8-17(16)22(26)29/h5-10,15H,11H2,1-4H3/t15-/m1/s1. The van der Waals surface area contributed by atoms with Gasteiger partial charge in [0.05, 0.1) is 11.1 Å². The quantitative estimate of drug-likeness (QED) is 0.332. The maximum Gasteiger partial charge on any atom is 0.329 e. The minimum Gasteiger partial charge on any atom is -0.456 e. The Morgan fingerprint density at radius 1 is 1.06 bits per heavy atom. The first-order valence-electron chi connectivity index (χ1n) is 10.00. The Morgan fingerprint density at radius 3 is 2.25 bits per heavy atom. The Balaban J connectivity index is 1.45. The number of esters is 1. The number of rotatable bonds is 6. The second-order valence-electron chi connectivity index (χ2n) is 7.65. The third-order valence-electron chi connectivity index (χ3n) is 5.48. The number of carbonyl (C=O) groups is 4. The van der Waals surface area contributed by atoms with Gasteiger partial charge in [0.25, 0.3) is 11.8 Å². The number of ether oxygens (including phenoxy) is 1. The van der Waals surface area contributed by atoms with Crippen LogP contribution in [0.15, 0.2) is 40.9 Å². The molecule has 2 amide bonds. The Morgan fingerprint density at radius 2 is 1.69 bits per heavy atom. The minimum absolute atomic E-state index is 0.240. The van der Waals surface area contributed by atoms with Crippen molar-refractivity contribution in [1.82, 2.24) is 14.6 Å². The van der Waals surface area contributed by atoms with Crippen LogP contribution in [0.2, 0.25) is 0 Å². The average Bonchev–Trinajstić information content (AvgIpc) is 3.40. The second-order valence-corrected chi connectivity index (χ2v) is 7.65. The van der Waals surface area contributed by atoms with Crippen molar-refractivity contribution < 1.29 is 28.4 Å². The zero-order chi connectivity index (χ0) is 23.2. The molecule has 1 aliphatic rings. The number of fused-ring (bicyclic) bond motifs is 1. The van der Waals surface area contributed by atoms with E-state index in [0.29, 0.717) is 22.8 Å². The van der Waals surface area contributed by atoms with Gasteiger partial charge in [-0.2, -0.15) is 0 Å². The molecule has 3 heterocycles. The van der Waals surface area contributed by atoms with Crippen LogP contribution in [0.1, 0.15) is 55.1 Å². The maximum atomic E-state index is 12.7. The summed E-state index contributed by atoms with van der Waals surface area (Å²) < 4.78 is 12.0. The van der Waals surface area contributed by atoms with Gasteiger partial charge in [-0.3, -0.25) is 23.9 Å². The van der Waals surface area contributed by atoms with E-state index >= 15 is 0 Å². The zero-order valence-electron chi connectivity index (χ0n) is 18.0. The molecular weight excluding hydrogens is 414 g/mol. The smallest absolute Gasteiger partial charge is 0.329 e. The fourth-order valence-corrected chi connectivity index (χ4v) is 3.86. The number of hydrogen-bond donors (Lipinski definition) is 0. The maximum absolute atomic E-state index is 12.7. The van der Waals surface area contributed by atoms with Crippen LogP contribution in [0, 0.1) is 20.8 Å². The van der Waals surface area contributed by atoms with Crippen molar-refractivity contribution in [2.75, 3.05) is 6.61 Å². The van der Waals surface area contributed by atoms with Crippen LogP contribution in [0.4, 0.5) is 0 Å². The van der Waals surface area contributed by atoms with Crippen molar-refractivity contribution >= 4 is 23.6 Å². The van der Waals surface area contributed by atoms with E-state index in [1.54, 1.807) is 42.7 Å². The van der Waals surface area contributed by atoms with E-state index in [4.69, 9.17) is 9.26 Å². The van der Waals surface area contributed by atoms with E-state index in [9.17, 15) is 19.2 Å². The van der Waals surface area contributed by atoms with E-state index < -0.39 is 36.2 Å². The van der Waals surface area contributed by atoms with Gasteiger partial charge in [-0.1, -0.05) is 17.3 Å². The molecule has 3 aromatic rings. The molecular formula is C23H21N3O6. The molecule has 0 N–H and O–H groups in total. The summed E-state index contributed by atoms with van der Waals surface area (Å²) in [4.78, 5) is 51.2. The van der Waals surface area contributed by atoms with Gasteiger partial charge in [0, 0.05) is 23.0 Å². The summed E-state index contributed by atoms with van der Waals surface area (Å²) in [5.41, 5.74) is 2.26. The van der Waals surface area contributed by atoms with Crippen molar-refractivity contribution in [3.63, 3.8) is 0 Å². The van der Waals surface area contributed by atoms with Gasteiger partial charge >= 0.3 is 5.97 Å². The fourth-order valence-electron chi connectivity index (χ4n) is 3.86. The normalized spacial score (nSPS) is 13.9. The summed E-state index contributed by atoms with van der Waals surface area (Å²) in [6.07, 6.45) is 0. The number of aromatic nitrogens is 2. The van der Waals surface area contributed by atoms with E-state index in [-0.39, 0.29) is 11.1 Å². The predicted octanol–water partition coefficient (Wildman–Crippen LogP) is 2.80. The fraction of sp³-hybridized carbons (Fsp3) is 0.261. The highest BCUT2D eigenvalue weighted by Crippen LogP contribution is 2.25. The SMILES string of the molecule is Cc1cc(-n2c(C)cc(C(=O)COC(=O)[C@@H](C)N3C(=O)c4ccccc4C3=O)c2C)no1. The molecule has 1 atom stereocenters. The highest BCUT2D eigenvalue weighted by molar-refractivity contribution is 6.22. The van der Waals surface area contributed by atoms with Crippen LogP contribution >= 0.6 is 0 Å². The first-order valence-corrected chi connectivity index (χ1v) is 10.00. The topological polar surface area (TPSA) is 112 Å². The van der Waals surface area contributed by atoms with E-state index in [2.05, 4.69) is 5.16 Å². The van der Waals surface area contributed by atoms with Crippen LogP contribution < -0.4 is 0 Å². The molecule has 4 rings (SSSR count). The lowest BCUT2D eigenvalue weighted by molar-refractivity contribution is -0.146. The third kappa shape index (κ3) is 3.41. The van der Waals surface area contributed by atoms with Gasteiger partial charge in [0.15, 0.2) is 12.4 Å².